The van der Waals surface area contributed by atoms with Crippen molar-refractivity contribution in [3.05, 3.63) is 0 Å². The molecule has 1 spiro atoms. The lowest BCUT2D eigenvalue weighted by molar-refractivity contribution is -0.135. The summed E-state index contributed by atoms with van der Waals surface area (Å²) in [7, 11) is 0. The van der Waals surface area contributed by atoms with Crippen molar-refractivity contribution in [1.82, 2.24) is 15.1 Å². The van der Waals surface area contributed by atoms with Gasteiger partial charge in [0.2, 0.25) is 11.8 Å². The van der Waals surface area contributed by atoms with Crippen LogP contribution < -0.4 is 11.1 Å². The van der Waals surface area contributed by atoms with Gasteiger partial charge < -0.3 is 16.0 Å². The van der Waals surface area contributed by atoms with Crippen LogP contribution >= 0.6 is 12.4 Å². The number of nitrogens with one attached hydrogen (secondary N) is 1. The molecule has 0 aromatic rings. The van der Waals surface area contributed by atoms with Crippen LogP contribution in [0.4, 0.5) is 0 Å². The molecule has 3 saturated heterocycles. The Labute approximate surface area is 138 Å². The van der Waals surface area contributed by atoms with E-state index in [2.05, 4.69) is 10.2 Å². The first-order valence-electron chi connectivity index (χ1n) is 8.08. The summed E-state index contributed by atoms with van der Waals surface area (Å²) in [6, 6.07) is 0. The largest absolute Gasteiger partial charge is 0.369 e. The molecule has 0 saturated carbocycles. The lowest BCUT2D eigenvalue weighted by Gasteiger charge is -2.32. The van der Waals surface area contributed by atoms with Crippen LogP contribution in [-0.2, 0) is 9.59 Å². The number of primary amides is 1. The highest BCUT2D eigenvalue weighted by Gasteiger charge is 2.41. The van der Waals surface area contributed by atoms with Crippen LogP contribution in [0.15, 0.2) is 0 Å². The van der Waals surface area contributed by atoms with E-state index < -0.39 is 0 Å². The van der Waals surface area contributed by atoms with E-state index >= 15 is 0 Å². The van der Waals surface area contributed by atoms with Crippen molar-refractivity contribution in [3.63, 3.8) is 0 Å². The van der Waals surface area contributed by atoms with Crippen LogP contribution in [0.1, 0.15) is 25.7 Å². The first-order valence-corrected chi connectivity index (χ1v) is 8.08. The highest BCUT2D eigenvalue weighted by Crippen LogP contribution is 2.35. The first kappa shape index (κ1) is 17.5. The molecule has 2 unspecified atom stereocenters. The second kappa shape index (κ2) is 7.15. The highest BCUT2D eigenvalue weighted by atomic mass is 35.5. The molecular formula is C15H27ClN4O2. The molecule has 3 fully saturated rings. The zero-order valence-electron chi connectivity index (χ0n) is 13.1. The van der Waals surface area contributed by atoms with E-state index in [1.165, 1.54) is 12.8 Å². The summed E-state index contributed by atoms with van der Waals surface area (Å²) in [5.74, 6) is -0.278. The van der Waals surface area contributed by atoms with Gasteiger partial charge in [0.05, 0.1) is 12.5 Å². The van der Waals surface area contributed by atoms with E-state index in [0.717, 1.165) is 45.6 Å². The van der Waals surface area contributed by atoms with Gasteiger partial charge in [0, 0.05) is 26.2 Å². The quantitative estimate of drug-likeness (QED) is 0.752. The zero-order valence-corrected chi connectivity index (χ0v) is 13.9. The van der Waals surface area contributed by atoms with Crippen LogP contribution in [-0.4, -0.2) is 67.4 Å². The van der Waals surface area contributed by atoms with Crippen molar-refractivity contribution in [2.24, 2.45) is 17.1 Å². The maximum Gasteiger partial charge on any atom is 0.236 e. The molecule has 7 heteroatoms. The maximum absolute atomic E-state index is 12.4. The SMILES string of the molecule is Cl.NC(=O)C1CCCN(C(=O)CN2CCC3(CCNC3)C2)C1. The average Bonchev–Trinajstić information content (AvgIpc) is 3.09. The zero-order chi connectivity index (χ0) is 14.9. The predicted octanol–water partition coefficient (Wildman–Crippen LogP) is -0.182. The Balaban J connectivity index is 0.00000176. The number of carbonyl (C=O) groups is 2. The number of carbonyl (C=O) groups excluding carboxylic acids is 2. The molecule has 22 heavy (non-hydrogen) atoms. The van der Waals surface area contributed by atoms with E-state index in [9.17, 15) is 9.59 Å². The molecule has 0 bridgehead atoms. The van der Waals surface area contributed by atoms with Crippen molar-refractivity contribution in [2.45, 2.75) is 25.7 Å². The van der Waals surface area contributed by atoms with Gasteiger partial charge in [-0.15, -0.1) is 12.4 Å². The fourth-order valence-electron chi connectivity index (χ4n) is 4.03. The van der Waals surface area contributed by atoms with Crippen molar-refractivity contribution < 1.29 is 9.59 Å². The number of piperidine rings is 1. The maximum atomic E-state index is 12.4. The number of halogens is 1. The third-order valence-electron chi connectivity index (χ3n) is 5.38. The molecule has 0 aromatic heterocycles. The van der Waals surface area contributed by atoms with E-state index in [0.29, 0.717) is 18.5 Å². The van der Waals surface area contributed by atoms with E-state index in [-0.39, 0.29) is 30.1 Å². The molecule has 6 nitrogen and oxygen atoms in total. The molecule has 126 valence electrons. The minimum absolute atomic E-state index is 0. The van der Waals surface area contributed by atoms with Gasteiger partial charge in [-0.3, -0.25) is 14.5 Å². The lowest BCUT2D eigenvalue weighted by Crippen LogP contribution is -2.47. The minimum Gasteiger partial charge on any atom is -0.369 e. The molecule has 2 amide bonds. The van der Waals surface area contributed by atoms with E-state index in [4.69, 9.17) is 5.73 Å². The van der Waals surface area contributed by atoms with Crippen molar-refractivity contribution in [1.29, 1.82) is 0 Å². The molecule has 3 heterocycles. The van der Waals surface area contributed by atoms with Crippen LogP contribution in [0.2, 0.25) is 0 Å². The summed E-state index contributed by atoms with van der Waals surface area (Å²) < 4.78 is 0. The second-order valence-corrected chi connectivity index (χ2v) is 6.97. The third-order valence-corrected chi connectivity index (χ3v) is 5.38. The lowest BCUT2D eigenvalue weighted by atomic mass is 9.87. The summed E-state index contributed by atoms with van der Waals surface area (Å²) in [4.78, 5) is 27.9. The molecule has 0 aromatic carbocycles. The van der Waals surface area contributed by atoms with Crippen molar-refractivity contribution >= 4 is 24.2 Å². The smallest absolute Gasteiger partial charge is 0.236 e. The third kappa shape index (κ3) is 3.73. The summed E-state index contributed by atoms with van der Waals surface area (Å²) >= 11 is 0. The predicted molar refractivity (Wildman–Crippen MR) is 86.7 cm³/mol. The van der Waals surface area contributed by atoms with Gasteiger partial charge in [-0.1, -0.05) is 0 Å². The van der Waals surface area contributed by atoms with E-state index in [1.807, 2.05) is 4.90 Å². The summed E-state index contributed by atoms with van der Waals surface area (Å²) in [6.07, 6.45) is 4.12. The van der Waals surface area contributed by atoms with Gasteiger partial charge in [0.1, 0.15) is 0 Å². The Morgan fingerprint density at radius 2 is 2.09 bits per heavy atom. The molecule has 0 radical (unpaired) electrons. The Hall–Kier alpha value is -0.850. The fraction of sp³-hybridized carbons (Fsp3) is 0.867. The molecule has 2 atom stereocenters. The Kier molecular flexibility index (Phi) is 5.69. The van der Waals surface area contributed by atoms with Crippen LogP contribution in [0.25, 0.3) is 0 Å². The highest BCUT2D eigenvalue weighted by molar-refractivity contribution is 5.85. The molecule has 3 N–H and O–H groups in total. The van der Waals surface area contributed by atoms with Gasteiger partial charge in [0.25, 0.3) is 0 Å². The van der Waals surface area contributed by atoms with E-state index in [1.54, 1.807) is 0 Å². The molecular weight excluding hydrogens is 304 g/mol. The summed E-state index contributed by atoms with van der Waals surface area (Å²) in [5.41, 5.74) is 5.78. The van der Waals surface area contributed by atoms with Crippen LogP contribution in [0.5, 0.6) is 0 Å². The first-order chi connectivity index (χ1) is 10.1. The number of nitrogens with two attached hydrogens (primary N) is 1. The monoisotopic (exact) mass is 330 g/mol. The summed E-state index contributed by atoms with van der Waals surface area (Å²) in [5, 5.41) is 3.44. The minimum atomic E-state index is -0.273. The van der Waals surface area contributed by atoms with Gasteiger partial charge in [0.15, 0.2) is 0 Å². The molecule has 3 aliphatic rings. The summed E-state index contributed by atoms with van der Waals surface area (Å²) in [6.45, 7) is 6.00. The number of amides is 2. The Bertz CT molecular complexity index is 426. The number of nitrogens with zero attached hydrogens (tertiary/aromatic N) is 2. The van der Waals surface area contributed by atoms with Crippen LogP contribution in [0.3, 0.4) is 0 Å². The van der Waals surface area contributed by atoms with Gasteiger partial charge >= 0.3 is 0 Å². The Morgan fingerprint density at radius 3 is 2.77 bits per heavy atom. The molecule has 3 rings (SSSR count). The topological polar surface area (TPSA) is 78.7 Å². The van der Waals surface area contributed by atoms with Crippen molar-refractivity contribution in [3.8, 4) is 0 Å². The van der Waals surface area contributed by atoms with Gasteiger partial charge in [-0.05, 0) is 44.2 Å². The molecule has 3 aliphatic heterocycles. The Morgan fingerprint density at radius 1 is 1.27 bits per heavy atom. The van der Waals surface area contributed by atoms with Gasteiger partial charge in [-0.25, -0.2) is 0 Å². The average molecular weight is 331 g/mol. The van der Waals surface area contributed by atoms with Gasteiger partial charge in [-0.2, -0.15) is 0 Å². The fourth-order valence-corrected chi connectivity index (χ4v) is 4.03. The number of hydrogen-bond acceptors (Lipinski definition) is 4. The second-order valence-electron chi connectivity index (χ2n) is 6.97. The normalized spacial score (nSPS) is 32.2. The standard InChI is InChI=1S/C15H26N4O2.ClH/c16-14(21)12-2-1-6-19(8-12)13(20)9-18-7-4-15(11-18)3-5-17-10-15;/h12,17H,1-11H2,(H2,16,21);1H. The van der Waals surface area contributed by atoms with Crippen LogP contribution in [0, 0.1) is 11.3 Å². The number of hydrogen-bond donors (Lipinski definition) is 2. The number of likely N-dealkylation sites (tertiary alicyclic amines) is 2. The number of rotatable bonds is 3. The molecule has 0 aliphatic carbocycles. The van der Waals surface area contributed by atoms with Crippen molar-refractivity contribution in [2.75, 3.05) is 45.8 Å².